The first-order valence-electron chi connectivity index (χ1n) is 6.25. The van der Waals surface area contributed by atoms with E-state index in [0.717, 1.165) is 32.0 Å². The molecule has 96 valence electrons. The van der Waals surface area contributed by atoms with Crippen LogP contribution in [0.5, 0.6) is 0 Å². The summed E-state index contributed by atoms with van der Waals surface area (Å²) < 4.78 is 2.05. The fourth-order valence-corrected chi connectivity index (χ4v) is 2.33. The zero-order valence-corrected chi connectivity index (χ0v) is 11.1. The number of aliphatic hydroxyl groups is 1. The molecule has 0 fully saturated rings. The summed E-state index contributed by atoms with van der Waals surface area (Å²) in [5.41, 5.74) is -0.911. The van der Waals surface area contributed by atoms with Crippen LogP contribution in [-0.2, 0) is 18.7 Å². The molecule has 5 heteroatoms. The average molecular weight is 238 g/mol. The van der Waals surface area contributed by atoms with Crippen LogP contribution in [-0.4, -0.2) is 37.9 Å². The Morgan fingerprint density at radius 3 is 2.59 bits per heavy atom. The van der Waals surface area contributed by atoms with Gasteiger partial charge in [0.25, 0.3) is 0 Å². The van der Waals surface area contributed by atoms with Crippen LogP contribution in [0.25, 0.3) is 0 Å². The SMILES string of the molecule is CC(C)CN1CCn2c(nnc2C(C)(C)O)C1. The van der Waals surface area contributed by atoms with Crippen molar-refractivity contribution in [2.24, 2.45) is 5.92 Å². The quantitative estimate of drug-likeness (QED) is 0.853. The van der Waals surface area contributed by atoms with E-state index < -0.39 is 5.60 Å². The highest BCUT2D eigenvalue weighted by Crippen LogP contribution is 2.21. The van der Waals surface area contributed by atoms with Crippen LogP contribution in [0.15, 0.2) is 0 Å². The van der Waals surface area contributed by atoms with Gasteiger partial charge >= 0.3 is 0 Å². The Labute approximate surface area is 102 Å². The second kappa shape index (κ2) is 4.38. The lowest BCUT2D eigenvalue weighted by Crippen LogP contribution is -2.37. The number of aromatic nitrogens is 3. The molecule has 1 aliphatic rings. The molecular formula is C12H22N4O. The van der Waals surface area contributed by atoms with Gasteiger partial charge in [0.05, 0.1) is 6.54 Å². The van der Waals surface area contributed by atoms with Crippen molar-refractivity contribution in [3.63, 3.8) is 0 Å². The van der Waals surface area contributed by atoms with Gasteiger partial charge in [-0.15, -0.1) is 10.2 Å². The predicted octanol–water partition coefficient (Wildman–Crippen LogP) is 0.977. The van der Waals surface area contributed by atoms with E-state index in [4.69, 9.17) is 0 Å². The van der Waals surface area contributed by atoms with Gasteiger partial charge in [0, 0.05) is 19.6 Å². The first-order valence-corrected chi connectivity index (χ1v) is 6.25. The molecule has 0 aliphatic carbocycles. The van der Waals surface area contributed by atoms with E-state index in [1.807, 2.05) is 0 Å². The highest BCUT2D eigenvalue weighted by molar-refractivity contribution is 5.05. The largest absolute Gasteiger partial charge is 0.382 e. The Morgan fingerprint density at radius 2 is 2.00 bits per heavy atom. The molecule has 1 aromatic rings. The van der Waals surface area contributed by atoms with Crippen LogP contribution in [0.4, 0.5) is 0 Å². The van der Waals surface area contributed by atoms with Gasteiger partial charge < -0.3 is 9.67 Å². The molecule has 0 atom stereocenters. The summed E-state index contributed by atoms with van der Waals surface area (Å²) in [6, 6.07) is 0. The van der Waals surface area contributed by atoms with Gasteiger partial charge in [0.15, 0.2) is 5.82 Å². The molecule has 2 rings (SSSR count). The summed E-state index contributed by atoms with van der Waals surface area (Å²) in [6.45, 7) is 11.8. The van der Waals surface area contributed by atoms with Crippen LogP contribution < -0.4 is 0 Å². The van der Waals surface area contributed by atoms with Gasteiger partial charge in [-0.1, -0.05) is 13.8 Å². The van der Waals surface area contributed by atoms with E-state index in [0.29, 0.717) is 11.7 Å². The minimum Gasteiger partial charge on any atom is -0.382 e. The third-order valence-electron chi connectivity index (χ3n) is 3.00. The van der Waals surface area contributed by atoms with Crippen molar-refractivity contribution in [2.45, 2.75) is 46.4 Å². The minimum atomic E-state index is -0.911. The van der Waals surface area contributed by atoms with Crippen LogP contribution in [0, 0.1) is 5.92 Å². The summed E-state index contributed by atoms with van der Waals surface area (Å²) in [5.74, 6) is 2.31. The predicted molar refractivity (Wildman–Crippen MR) is 65.4 cm³/mol. The molecule has 1 aromatic heterocycles. The smallest absolute Gasteiger partial charge is 0.164 e. The van der Waals surface area contributed by atoms with E-state index in [-0.39, 0.29) is 0 Å². The van der Waals surface area contributed by atoms with Crippen LogP contribution in [0.3, 0.4) is 0 Å². The van der Waals surface area contributed by atoms with Gasteiger partial charge in [-0.05, 0) is 19.8 Å². The lowest BCUT2D eigenvalue weighted by molar-refractivity contribution is 0.0613. The molecule has 2 heterocycles. The lowest BCUT2D eigenvalue weighted by Gasteiger charge is -2.30. The molecule has 1 N–H and O–H groups in total. The average Bonchev–Trinajstić information content (AvgIpc) is 2.58. The minimum absolute atomic E-state index is 0.665. The zero-order valence-electron chi connectivity index (χ0n) is 11.1. The molecule has 0 unspecified atom stereocenters. The van der Waals surface area contributed by atoms with Crippen LogP contribution in [0.2, 0.25) is 0 Å². The zero-order chi connectivity index (χ0) is 12.6. The van der Waals surface area contributed by atoms with Crippen molar-refractivity contribution >= 4 is 0 Å². The Bertz CT molecular complexity index is 392. The maximum atomic E-state index is 10.0. The summed E-state index contributed by atoms with van der Waals surface area (Å²) in [6.07, 6.45) is 0. The molecule has 1 aliphatic heterocycles. The van der Waals surface area contributed by atoms with Crippen molar-refractivity contribution in [3.8, 4) is 0 Å². The number of rotatable bonds is 3. The monoisotopic (exact) mass is 238 g/mol. The molecule has 0 saturated heterocycles. The Kier molecular flexibility index (Phi) is 3.23. The Morgan fingerprint density at radius 1 is 1.29 bits per heavy atom. The van der Waals surface area contributed by atoms with Gasteiger partial charge in [0.2, 0.25) is 0 Å². The molecule has 0 saturated carbocycles. The van der Waals surface area contributed by atoms with E-state index in [1.54, 1.807) is 13.8 Å². The molecule has 0 bridgehead atoms. The fourth-order valence-electron chi connectivity index (χ4n) is 2.33. The first-order chi connectivity index (χ1) is 7.88. The van der Waals surface area contributed by atoms with Crippen molar-refractivity contribution < 1.29 is 5.11 Å². The van der Waals surface area contributed by atoms with E-state index in [1.165, 1.54) is 0 Å². The third-order valence-corrected chi connectivity index (χ3v) is 3.00. The molecule has 5 nitrogen and oxygen atoms in total. The van der Waals surface area contributed by atoms with Gasteiger partial charge in [0.1, 0.15) is 11.4 Å². The van der Waals surface area contributed by atoms with E-state index in [9.17, 15) is 5.11 Å². The molecule has 0 amide bonds. The van der Waals surface area contributed by atoms with Gasteiger partial charge in [-0.3, -0.25) is 4.90 Å². The van der Waals surface area contributed by atoms with Gasteiger partial charge in [-0.25, -0.2) is 0 Å². The summed E-state index contributed by atoms with van der Waals surface area (Å²) >= 11 is 0. The Balaban J connectivity index is 2.16. The van der Waals surface area contributed by atoms with E-state index >= 15 is 0 Å². The molecule has 17 heavy (non-hydrogen) atoms. The Hall–Kier alpha value is -0.940. The maximum Gasteiger partial charge on any atom is 0.164 e. The van der Waals surface area contributed by atoms with Crippen LogP contribution in [0.1, 0.15) is 39.3 Å². The lowest BCUT2D eigenvalue weighted by atomic mass is 10.1. The topological polar surface area (TPSA) is 54.2 Å². The normalized spacial score (nSPS) is 17.5. The maximum absolute atomic E-state index is 10.0. The van der Waals surface area contributed by atoms with Crippen LogP contribution >= 0.6 is 0 Å². The fraction of sp³-hybridized carbons (Fsp3) is 0.833. The van der Waals surface area contributed by atoms with Crippen molar-refractivity contribution in [2.75, 3.05) is 13.1 Å². The highest BCUT2D eigenvalue weighted by atomic mass is 16.3. The standard InChI is InChI=1S/C12H22N4O/c1-9(2)7-15-5-6-16-10(8-15)13-14-11(16)12(3,4)17/h9,17H,5-8H2,1-4H3. The molecule has 0 spiro atoms. The second-order valence-corrected chi connectivity index (χ2v) is 5.78. The summed E-state index contributed by atoms with van der Waals surface area (Å²) in [4.78, 5) is 2.39. The van der Waals surface area contributed by atoms with E-state index in [2.05, 4.69) is 33.5 Å². The molecule has 0 aromatic carbocycles. The third kappa shape index (κ3) is 2.66. The molecular weight excluding hydrogens is 216 g/mol. The van der Waals surface area contributed by atoms with Crippen molar-refractivity contribution in [1.82, 2.24) is 19.7 Å². The van der Waals surface area contributed by atoms with Crippen molar-refractivity contribution in [3.05, 3.63) is 11.6 Å². The first kappa shape index (κ1) is 12.5. The number of hydrogen-bond donors (Lipinski definition) is 1. The number of nitrogens with zero attached hydrogens (tertiary/aromatic N) is 4. The second-order valence-electron chi connectivity index (χ2n) is 5.78. The number of hydrogen-bond acceptors (Lipinski definition) is 4. The molecule has 0 radical (unpaired) electrons. The van der Waals surface area contributed by atoms with Gasteiger partial charge in [-0.2, -0.15) is 0 Å². The van der Waals surface area contributed by atoms with Crippen molar-refractivity contribution in [1.29, 1.82) is 0 Å². The summed E-state index contributed by atoms with van der Waals surface area (Å²) in [7, 11) is 0. The summed E-state index contributed by atoms with van der Waals surface area (Å²) in [5, 5.41) is 18.3. The number of fused-ring (bicyclic) bond motifs is 1. The highest BCUT2D eigenvalue weighted by Gasteiger charge is 2.28.